The number of halogens is 1. The first-order valence-corrected chi connectivity index (χ1v) is 7.42. The molecule has 3 aromatic rings. The van der Waals surface area contributed by atoms with Gasteiger partial charge in [-0.05, 0) is 54.5 Å². The zero-order chi connectivity index (χ0) is 15.5. The second kappa shape index (κ2) is 6.20. The van der Waals surface area contributed by atoms with Gasteiger partial charge in [0.1, 0.15) is 5.75 Å². The van der Waals surface area contributed by atoms with Crippen molar-refractivity contribution in [3.8, 4) is 5.75 Å². The predicted octanol–water partition coefficient (Wildman–Crippen LogP) is 5.46. The Labute approximate surface area is 135 Å². The first-order valence-electron chi connectivity index (χ1n) is 7.05. The van der Waals surface area contributed by atoms with Gasteiger partial charge < -0.3 is 4.74 Å². The number of rotatable bonds is 3. The molecule has 0 bridgehead atoms. The number of hydrogen-bond donors (Lipinski definition) is 0. The Kier molecular flexibility index (Phi) is 4.12. The lowest BCUT2D eigenvalue weighted by Gasteiger charge is -2.05. The van der Waals surface area contributed by atoms with Crippen LogP contribution in [0.3, 0.4) is 0 Å². The van der Waals surface area contributed by atoms with Crippen LogP contribution in [0.4, 0.5) is 0 Å². The molecule has 22 heavy (non-hydrogen) atoms. The fourth-order valence-corrected chi connectivity index (χ4v) is 2.53. The van der Waals surface area contributed by atoms with E-state index in [9.17, 15) is 0 Å². The summed E-state index contributed by atoms with van der Waals surface area (Å²) in [5.74, 6) is 0.850. The van der Waals surface area contributed by atoms with Crippen molar-refractivity contribution in [1.29, 1.82) is 0 Å². The van der Waals surface area contributed by atoms with E-state index >= 15 is 0 Å². The van der Waals surface area contributed by atoms with Gasteiger partial charge in [0.15, 0.2) is 0 Å². The largest absolute Gasteiger partial charge is 0.497 e. The Hall–Kier alpha value is -2.32. The summed E-state index contributed by atoms with van der Waals surface area (Å²) in [6.07, 6.45) is 2.06. The molecule has 0 aliphatic heterocycles. The molecule has 0 unspecified atom stereocenters. The quantitative estimate of drug-likeness (QED) is 0.641. The van der Waals surface area contributed by atoms with Crippen molar-refractivity contribution < 1.29 is 4.74 Å². The smallest absolute Gasteiger partial charge is 0.119 e. The van der Waals surface area contributed by atoms with Crippen LogP contribution >= 0.6 is 11.6 Å². The van der Waals surface area contributed by atoms with E-state index in [4.69, 9.17) is 16.3 Å². The summed E-state index contributed by atoms with van der Waals surface area (Å²) >= 11 is 6.04. The number of methoxy groups -OCH3 is 1. The van der Waals surface area contributed by atoms with Crippen molar-refractivity contribution in [2.24, 2.45) is 0 Å². The summed E-state index contributed by atoms with van der Waals surface area (Å²) in [7, 11) is 1.67. The van der Waals surface area contributed by atoms with Crippen LogP contribution in [0.15, 0.2) is 54.6 Å². The second-order valence-electron chi connectivity index (χ2n) is 5.13. The molecule has 2 aromatic carbocycles. The van der Waals surface area contributed by atoms with Crippen LogP contribution in [0, 0.1) is 0 Å². The summed E-state index contributed by atoms with van der Waals surface area (Å²) < 4.78 is 5.27. The van der Waals surface area contributed by atoms with E-state index in [-0.39, 0.29) is 0 Å². The van der Waals surface area contributed by atoms with Crippen LogP contribution in [-0.4, -0.2) is 12.1 Å². The van der Waals surface area contributed by atoms with Gasteiger partial charge in [-0.15, -0.1) is 0 Å². The SMILES string of the molecule is COc1cccc(/C(C)=C/c2ccc3ccc(Cl)cc3n2)c1. The van der Waals surface area contributed by atoms with Crippen molar-refractivity contribution in [2.75, 3.05) is 7.11 Å². The molecular weight excluding hydrogens is 294 g/mol. The fourth-order valence-electron chi connectivity index (χ4n) is 2.36. The maximum absolute atomic E-state index is 6.04. The van der Waals surface area contributed by atoms with E-state index in [1.807, 2.05) is 42.5 Å². The first-order chi connectivity index (χ1) is 10.7. The minimum absolute atomic E-state index is 0.700. The number of allylic oxidation sites excluding steroid dienone is 1. The average molecular weight is 310 g/mol. The predicted molar refractivity (Wildman–Crippen MR) is 93.3 cm³/mol. The highest BCUT2D eigenvalue weighted by atomic mass is 35.5. The average Bonchev–Trinajstić information content (AvgIpc) is 2.54. The molecule has 1 aromatic heterocycles. The van der Waals surface area contributed by atoms with E-state index in [1.54, 1.807) is 7.11 Å². The lowest BCUT2D eigenvalue weighted by molar-refractivity contribution is 0.414. The van der Waals surface area contributed by atoms with Crippen molar-refractivity contribution >= 4 is 34.2 Å². The molecular formula is C19H16ClNO. The maximum atomic E-state index is 6.04. The molecule has 0 saturated heterocycles. The molecule has 3 rings (SSSR count). The Morgan fingerprint density at radius 2 is 1.91 bits per heavy atom. The molecule has 0 radical (unpaired) electrons. The van der Waals surface area contributed by atoms with Crippen LogP contribution < -0.4 is 4.74 Å². The highest BCUT2D eigenvalue weighted by Crippen LogP contribution is 2.23. The second-order valence-corrected chi connectivity index (χ2v) is 5.57. The number of ether oxygens (including phenoxy) is 1. The van der Waals surface area contributed by atoms with E-state index < -0.39 is 0 Å². The van der Waals surface area contributed by atoms with Gasteiger partial charge in [-0.1, -0.05) is 35.9 Å². The summed E-state index contributed by atoms with van der Waals surface area (Å²) in [4.78, 5) is 4.65. The number of hydrogen-bond acceptors (Lipinski definition) is 2. The minimum Gasteiger partial charge on any atom is -0.497 e. The number of nitrogens with zero attached hydrogens (tertiary/aromatic N) is 1. The van der Waals surface area contributed by atoms with Gasteiger partial charge in [-0.2, -0.15) is 0 Å². The monoisotopic (exact) mass is 309 g/mol. The van der Waals surface area contributed by atoms with Gasteiger partial charge >= 0.3 is 0 Å². The molecule has 0 aliphatic rings. The van der Waals surface area contributed by atoms with Gasteiger partial charge in [0.25, 0.3) is 0 Å². The molecule has 0 amide bonds. The topological polar surface area (TPSA) is 22.1 Å². The zero-order valence-electron chi connectivity index (χ0n) is 12.5. The Morgan fingerprint density at radius 1 is 1.09 bits per heavy atom. The van der Waals surface area contributed by atoms with E-state index in [0.29, 0.717) is 5.02 Å². The molecule has 0 atom stereocenters. The van der Waals surface area contributed by atoms with E-state index in [0.717, 1.165) is 33.5 Å². The molecule has 1 heterocycles. The summed E-state index contributed by atoms with van der Waals surface area (Å²) in [6.45, 7) is 2.07. The van der Waals surface area contributed by atoms with Gasteiger partial charge in [0.2, 0.25) is 0 Å². The van der Waals surface area contributed by atoms with Crippen LogP contribution in [0.5, 0.6) is 5.75 Å². The third kappa shape index (κ3) is 3.12. The molecule has 0 N–H and O–H groups in total. The van der Waals surface area contributed by atoms with Gasteiger partial charge in [0.05, 0.1) is 18.3 Å². The molecule has 0 aliphatic carbocycles. The van der Waals surface area contributed by atoms with Crippen molar-refractivity contribution in [3.05, 3.63) is 70.9 Å². The van der Waals surface area contributed by atoms with Crippen LogP contribution in [0.1, 0.15) is 18.2 Å². The van der Waals surface area contributed by atoms with Crippen molar-refractivity contribution in [2.45, 2.75) is 6.92 Å². The van der Waals surface area contributed by atoms with Crippen LogP contribution in [-0.2, 0) is 0 Å². The lowest BCUT2D eigenvalue weighted by atomic mass is 10.1. The molecule has 2 nitrogen and oxygen atoms in total. The number of fused-ring (bicyclic) bond motifs is 1. The third-order valence-electron chi connectivity index (χ3n) is 3.57. The van der Waals surface area contributed by atoms with E-state index in [1.165, 1.54) is 0 Å². The lowest BCUT2D eigenvalue weighted by Crippen LogP contribution is -1.87. The molecule has 0 spiro atoms. The Morgan fingerprint density at radius 3 is 2.73 bits per heavy atom. The van der Waals surface area contributed by atoms with Crippen molar-refractivity contribution in [1.82, 2.24) is 4.98 Å². The molecule has 0 fully saturated rings. The Bertz CT molecular complexity index is 855. The number of benzene rings is 2. The van der Waals surface area contributed by atoms with E-state index in [2.05, 4.69) is 30.1 Å². The van der Waals surface area contributed by atoms with Crippen LogP contribution in [0.25, 0.3) is 22.6 Å². The number of aromatic nitrogens is 1. The Balaban J connectivity index is 1.99. The highest BCUT2D eigenvalue weighted by molar-refractivity contribution is 6.31. The summed E-state index contributed by atoms with van der Waals surface area (Å²) in [6, 6.07) is 17.8. The summed E-state index contributed by atoms with van der Waals surface area (Å²) in [5.41, 5.74) is 4.06. The van der Waals surface area contributed by atoms with Gasteiger partial charge in [-0.25, -0.2) is 4.98 Å². The highest BCUT2D eigenvalue weighted by Gasteiger charge is 2.01. The standard InChI is InChI=1S/C19H16ClNO/c1-13(15-4-3-5-18(11-15)22-2)10-17-9-7-14-6-8-16(20)12-19(14)21-17/h3-12H,1-2H3/b13-10+. The van der Waals surface area contributed by atoms with Gasteiger partial charge in [0, 0.05) is 10.4 Å². The van der Waals surface area contributed by atoms with Crippen LogP contribution in [0.2, 0.25) is 5.02 Å². The fraction of sp³-hybridized carbons (Fsp3) is 0.105. The number of pyridine rings is 1. The third-order valence-corrected chi connectivity index (χ3v) is 3.80. The van der Waals surface area contributed by atoms with Gasteiger partial charge in [-0.3, -0.25) is 0 Å². The molecule has 110 valence electrons. The minimum atomic E-state index is 0.700. The normalized spacial score (nSPS) is 11.7. The van der Waals surface area contributed by atoms with Crippen molar-refractivity contribution in [3.63, 3.8) is 0 Å². The molecule has 3 heteroatoms. The first kappa shape index (κ1) is 14.6. The summed E-state index contributed by atoms with van der Waals surface area (Å²) in [5, 5.41) is 1.78. The maximum Gasteiger partial charge on any atom is 0.119 e. The zero-order valence-corrected chi connectivity index (χ0v) is 13.3. The molecule has 0 saturated carbocycles.